The van der Waals surface area contributed by atoms with E-state index in [0.717, 1.165) is 12.0 Å². The third kappa shape index (κ3) is 3.79. The standard InChI is InChI=1S/C15H20N4O2S/c1-4-9-19-14(21)16-17-15(19)22-10-11-5-7-12(8-6-11)13(20)18(2)3/h5-8H,4,9-10H2,1-3H3,(H,16,21). The highest BCUT2D eigenvalue weighted by atomic mass is 32.2. The van der Waals surface area contributed by atoms with Crippen molar-refractivity contribution in [3.63, 3.8) is 0 Å². The van der Waals surface area contributed by atoms with Crippen LogP contribution in [0.25, 0.3) is 0 Å². The molecule has 0 unspecified atom stereocenters. The summed E-state index contributed by atoms with van der Waals surface area (Å²) in [6, 6.07) is 7.50. The van der Waals surface area contributed by atoms with E-state index in [4.69, 9.17) is 0 Å². The lowest BCUT2D eigenvalue weighted by Gasteiger charge is -2.10. The lowest BCUT2D eigenvalue weighted by atomic mass is 10.1. The van der Waals surface area contributed by atoms with Crippen LogP contribution in [0, 0.1) is 0 Å². The first-order valence-electron chi connectivity index (χ1n) is 7.11. The van der Waals surface area contributed by atoms with Crippen molar-refractivity contribution in [2.75, 3.05) is 14.1 Å². The van der Waals surface area contributed by atoms with Gasteiger partial charge < -0.3 is 4.90 Å². The van der Waals surface area contributed by atoms with Crippen LogP contribution in [-0.2, 0) is 12.3 Å². The van der Waals surface area contributed by atoms with E-state index in [9.17, 15) is 9.59 Å². The van der Waals surface area contributed by atoms with Crippen LogP contribution in [0.2, 0.25) is 0 Å². The molecule has 118 valence electrons. The number of carbonyl (C=O) groups excluding carboxylic acids is 1. The highest BCUT2D eigenvalue weighted by molar-refractivity contribution is 7.98. The number of carbonyl (C=O) groups is 1. The zero-order valence-electron chi connectivity index (χ0n) is 13.0. The molecule has 0 aliphatic rings. The molecule has 0 aliphatic heterocycles. The summed E-state index contributed by atoms with van der Waals surface area (Å²) in [6.45, 7) is 2.68. The molecule has 0 fully saturated rings. The molecule has 2 aromatic rings. The fourth-order valence-corrected chi connectivity index (χ4v) is 2.91. The molecule has 2 rings (SSSR count). The van der Waals surface area contributed by atoms with Crippen LogP contribution in [0.1, 0.15) is 29.3 Å². The SMILES string of the molecule is CCCn1c(SCc2ccc(C(=O)N(C)C)cc2)n[nH]c1=O. The quantitative estimate of drug-likeness (QED) is 0.826. The Kier molecular flexibility index (Phi) is 5.43. The van der Waals surface area contributed by atoms with Crippen molar-refractivity contribution in [3.8, 4) is 0 Å². The highest BCUT2D eigenvalue weighted by Crippen LogP contribution is 2.20. The van der Waals surface area contributed by atoms with Gasteiger partial charge in [-0.25, -0.2) is 9.89 Å². The number of H-pyrrole nitrogens is 1. The number of hydrogen-bond donors (Lipinski definition) is 1. The van der Waals surface area contributed by atoms with Crippen LogP contribution in [0.4, 0.5) is 0 Å². The van der Waals surface area contributed by atoms with Crippen LogP contribution in [0.5, 0.6) is 0 Å². The van der Waals surface area contributed by atoms with Crippen molar-refractivity contribution in [1.82, 2.24) is 19.7 Å². The number of nitrogens with zero attached hydrogens (tertiary/aromatic N) is 3. The Bertz CT molecular complexity index is 688. The first-order chi connectivity index (χ1) is 10.5. The summed E-state index contributed by atoms with van der Waals surface area (Å²) in [4.78, 5) is 25.0. The van der Waals surface area contributed by atoms with E-state index in [2.05, 4.69) is 10.2 Å². The van der Waals surface area contributed by atoms with E-state index in [1.807, 2.05) is 31.2 Å². The second-order valence-corrected chi connectivity index (χ2v) is 6.09. The Hall–Kier alpha value is -2.02. The number of aromatic nitrogens is 3. The van der Waals surface area contributed by atoms with Gasteiger partial charge in [0.15, 0.2) is 5.16 Å². The van der Waals surface area contributed by atoms with E-state index in [-0.39, 0.29) is 11.6 Å². The molecule has 7 heteroatoms. The van der Waals surface area contributed by atoms with Crippen LogP contribution in [-0.4, -0.2) is 39.7 Å². The van der Waals surface area contributed by atoms with Crippen molar-refractivity contribution in [2.45, 2.75) is 30.8 Å². The molecule has 0 bridgehead atoms. The van der Waals surface area contributed by atoms with E-state index >= 15 is 0 Å². The lowest BCUT2D eigenvalue weighted by molar-refractivity contribution is 0.0827. The van der Waals surface area contributed by atoms with Crippen molar-refractivity contribution in [1.29, 1.82) is 0 Å². The molecular formula is C15H20N4O2S. The smallest absolute Gasteiger partial charge is 0.343 e. The Labute approximate surface area is 133 Å². The molecule has 1 heterocycles. The number of amides is 1. The van der Waals surface area contributed by atoms with Gasteiger partial charge in [-0.15, -0.1) is 5.10 Å². The Morgan fingerprint density at radius 3 is 2.59 bits per heavy atom. The van der Waals surface area contributed by atoms with Crippen molar-refractivity contribution in [3.05, 3.63) is 45.9 Å². The number of thioether (sulfide) groups is 1. The average molecular weight is 320 g/mol. The third-order valence-corrected chi connectivity index (χ3v) is 4.19. The Balaban J connectivity index is 2.03. The number of rotatable bonds is 6. The van der Waals surface area contributed by atoms with Crippen molar-refractivity contribution in [2.24, 2.45) is 0 Å². The van der Waals surface area contributed by atoms with Gasteiger partial charge in [0.1, 0.15) is 0 Å². The molecule has 1 aromatic carbocycles. The van der Waals surface area contributed by atoms with Gasteiger partial charge in [-0.2, -0.15) is 0 Å². The fourth-order valence-electron chi connectivity index (χ4n) is 1.98. The Morgan fingerprint density at radius 1 is 1.32 bits per heavy atom. The van der Waals surface area contributed by atoms with E-state index in [1.54, 1.807) is 23.6 Å². The third-order valence-electron chi connectivity index (χ3n) is 3.15. The number of nitrogens with one attached hydrogen (secondary N) is 1. The molecule has 1 N–H and O–H groups in total. The fraction of sp³-hybridized carbons (Fsp3) is 0.400. The summed E-state index contributed by atoms with van der Waals surface area (Å²) in [7, 11) is 3.47. The predicted octanol–water partition coefficient (Wildman–Crippen LogP) is 1.98. The minimum atomic E-state index is -0.170. The Morgan fingerprint density at radius 2 is 2.00 bits per heavy atom. The number of hydrogen-bond acceptors (Lipinski definition) is 4. The molecule has 0 saturated heterocycles. The van der Waals surface area contributed by atoms with Gasteiger partial charge in [0.25, 0.3) is 5.91 Å². The molecule has 0 spiro atoms. The summed E-state index contributed by atoms with van der Waals surface area (Å²) >= 11 is 1.51. The van der Waals surface area contributed by atoms with Gasteiger partial charge in [0, 0.05) is 32.0 Å². The maximum absolute atomic E-state index is 11.8. The normalized spacial score (nSPS) is 10.7. The van der Waals surface area contributed by atoms with Crippen LogP contribution in [0.3, 0.4) is 0 Å². The summed E-state index contributed by atoms with van der Waals surface area (Å²) < 4.78 is 1.65. The summed E-state index contributed by atoms with van der Waals surface area (Å²) in [6.07, 6.45) is 0.883. The second-order valence-electron chi connectivity index (χ2n) is 5.15. The molecular weight excluding hydrogens is 300 g/mol. The summed E-state index contributed by atoms with van der Waals surface area (Å²) in [5.74, 6) is 0.688. The van der Waals surface area contributed by atoms with Crippen molar-refractivity contribution >= 4 is 17.7 Å². The minimum absolute atomic E-state index is 0.0108. The van der Waals surface area contributed by atoms with Gasteiger partial charge in [0.05, 0.1) is 0 Å². The highest BCUT2D eigenvalue weighted by Gasteiger charge is 2.10. The molecule has 22 heavy (non-hydrogen) atoms. The molecule has 0 atom stereocenters. The maximum atomic E-state index is 11.8. The predicted molar refractivity (Wildman–Crippen MR) is 87.2 cm³/mol. The molecule has 1 aromatic heterocycles. The largest absolute Gasteiger partial charge is 0.345 e. The van der Waals surface area contributed by atoms with Gasteiger partial charge >= 0.3 is 5.69 Å². The molecule has 1 amide bonds. The minimum Gasteiger partial charge on any atom is -0.345 e. The monoisotopic (exact) mass is 320 g/mol. The zero-order chi connectivity index (χ0) is 16.1. The van der Waals surface area contributed by atoms with Gasteiger partial charge in [-0.1, -0.05) is 30.8 Å². The topological polar surface area (TPSA) is 71.0 Å². The van der Waals surface area contributed by atoms with Crippen LogP contribution >= 0.6 is 11.8 Å². The maximum Gasteiger partial charge on any atom is 0.343 e. The molecule has 0 saturated carbocycles. The van der Waals surface area contributed by atoms with Gasteiger partial charge in [0.2, 0.25) is 0 Å². The molecule has 6 nitrogen and oxygen atoms in total. The van der Waals surface area contributed by atoms with Gasteiger partial charge in [-0.3, -0.25) is 9.36 Å². The van der Waals surface area contributed by atoms with Crippen LogP contribution < -0.4 is 5.69 Å². The van der Waals surface area contributed by atoms with Crippen molar-refractivity contribution < 1.29 is 4.79 Å². The summed E-state index contributed by atoms with van der Waals surface area (Å²) in [5, 5.41) is 7.22. The lowest BCUT2D eigenvalue weighted by Crippen LogP contribution is -2.21. The zero-order valence-corrected chi connectivity index (χ0v) is 13.8. The first-order valence-corrected chi connectivity index (χ1v) is 8.10. The van der Waals surface area contributed by atoms with E-state index < -0.39 is 0 Å². The molecule has 0 radical (unpaired) electrons. The molecule has 0 aliphatic carbocycles. The van der Waals surface area contributed by atoms with Crippen LogP contribution in [0.15, 0.2) is 34.2 Å². The number of benzene rings is 1. The van der Waals surface area contributed by atoms with Gasteiger partial charge in [-0.05, 0) is 24.1 Å². The first kappa shape index (κ1) is 16.4. The second kappa shape index (κ2) is 7.31. The number of aromatic amines is 1. The van der Waals surface area contributed by atoms with E-state index in [1.165, 1.54) is 11.8 Å². The average Bonchev–Trinajstić information content (AvgIpc) is 2.86. The summed E-state index contributed by atoms with van der Waals surface area (Å²) in [5.41, 5.74) is 1.58. The van der Waals surface area contributed by atoms with E-state index in [0.29, 0.717) is 23.0 Å².